The van der Waals surface area contributed by atoms with Crippen molar-refractivity contribution in [2.24, 2.45) is 0 Å². The van der Waals surface area contributed by atoms with E-state index in [-0.39, 0.29) is 26.2 Å². The molecule has 0 spiro atoms. The van der Waals surface area contributed by atoms with Gasteiger partial charge in [-0.1, -0.05) is 91.0 Å². The molecule has 24 heavy (non-hydrogen) atoms. The molecule has 0 heterocycles. The third-order valence-corrected chi connectivity index (χ3v) is 4.18. The average molecular weight is 388 g/mol. The molecule has 0 radical (unpaired) electrons. The summed E-state index contributed by atoms with van der Waals surface area (Å²) in [6, 6.07) is 28.0. The first-order chi connectivity index (χ1) is 11.4. The molecular formula is C23H20Zr. The molecule has 1 atom stereocenters. The SMILES string of the molecule is C1=CC(c2ccccc2-c2ccccc2)c2ccccc21.C=C.[Zr]. The van der Waals surface area contributed by atoms with E-state index in [1.165, 1.54) is 27.8 Å². The van der Waals surface area contributed by atoms with Gasteiger partial charge in [0.1, 0.15) is 0 Å². The van der Waals surface area contributed by atoms with Gasteiger partial charge in [-0.3, -0.25) is 0 Å². The Morgan fingerprint density at radius 2 is 1.21 bits per heavy atom. The smallest absolute Gasteiger partial charge is 0.0284 e. The number of hydrogen-bond donors (Lipinski definition) is 0. The molecule has 116 valence electrons. The Morgan fingerprint density at radius 3 is 1.96 bits per heavy atom. The van der Waals surface area contributed by atoms with E-state index in [0.717, 1.165) is 0 Å². The van der Waals surface area contributed by atoms with Gasteiger partial charge in [0.15, 0.2) is 0 Å². The first-order valence-electron chi connectivity index (χ1n) is 7.85. The number of allylic oxidation sites excluding steroid dienone is 1. The van der Waals surface area contributed by atoms with Crippen molar-refractivity contribution in [3.8, 4) is 11.1 Å². The van der Waals surface area contributed by atoms with Crippen molar-refractivity contribution in [2.45, 2.75) is 5.92 Å². The summed E-state index contributed by atoms with van der Waals surface area (Å²) in [5.41, 5.74) is 6.73. The Kier molecular flexibility index (Phi) is 6.70. The van der Waals surface area contributed by atoms with Crippen LogP contribution in [-0.2, 0) is 26.2 Å². The monoisotopic (exact) mass is 386 g/mol. The Balaban J connectivity index is 0.000000670. The van der Waals surface area contributed by atoms with Crippen LogP contribution in [0.2, 0.25) is 0 Å². The summed E-state index contributed by atoms with van der Waals surface area (Å²) in [5, 5.41) is 0. The molecule has 0 nitrogen and oxygen atoms in total. The largest absolute Gasteiger partial charge is 0.106 e. The molecule has 4 rings (SSSR count). The van der Waals surface area contributed by atoms with Crippen LogP contribution in [0.4, 0.5) is 0 Å². The van der Waals surface area contributed by atoms with Crippen LogP contribution in [0, 0.1) is 0 Å². The third kappa shape index (κ3) is 3.57. The zero-order valence-electron chi connectivity index (χ0n) is 13.7. The Hall–Kier alpha value is -1.98. The van der Waals surface area contributed by atoms with Crippen molar-refractivity contribution in [2.75, 3.05) is 0 Å². The van der Waals surface area contributed by atoms with Gasteiger partial charge < -0.3 is 0 Å². The molecule has 0 saturated heterocycles. The maximum Gasteiger partial charge on any atom is 0.0284 e. The van der Waals surface area contributed by atoms with E-state index in [1.807, 2.05) is 0 Å². The number of benzene rings is 3. The molecule has 0 amide bonds. The number of hydrogen-bond acceptors (Lipinski definition) is 0. The van der Waals surface area contributed by atoms with Gasteiger partial charge in [-0.2, -0.15) is 0 Å². The summed E-state index contributed by atoms with van der Waals surface area (Å²) in [6.07, 6.45) is 4.55. The minimum absolute atomic E-state index is 0. The van der Waals surface area contributed by atoms with Crippen LogP contribution in [0.5, 0.6) is 0 Å². The molecule has 0 aromatic heterocycles. The van der Waals surface area contributed by atoms with Crippen LogP contribution in [0.1, 0.15) is 22.6 Å². The first kappa shape index (κ1) is 18.4. The van der Waals surface area contributed by atoms with E-state index in [2.05, 4.69) is 104 Å². The summed E-state index contributed by atoms with van der Waals surface area (Å²) in [5.74, 6) is 0.359. The summed E-state index contributed by atoms with van der Waals surface area (Å²) in [4.78, 5) is 0. The normalized spacial score (nSPS) is 14.1. The van der Waals surface area contributed by atoms with Gasteiger partial charge in [-0.05, 0) is 27.8 Å². The summed E-state index contributed by atoms with van der Waals surface area (Å²) in [7, 11) is 0. The van der Waals surface area contributed by atoms with Crippen molar-refractivity contribution in [3.63, 3.8) is 0 Å². The minimum atomic E-state index is 0. The van der Waals surface area contributed by atoms with E-state index in [4.69, 9.17) is 0 Å². The van der Waals surface area contributed by atoms with Crippen molar-refractivity contribution >= 4 is 6.08 Å². The molecule has 1 aliphatic rings. The minimum Gasteiger partial charge on any atom is -0.106 e. The topological polar surface area (TPSA) is 0 Å². The molecule has 3 aromatic rings. The molecule has 0 bridgehead atoms. The van der Waals surface area contributed by atoms with Crippen molar-refractivity contribution < 1.29 is 26.2 Å². The van der Waals surface area contributed by atoms with Gasteiger partial charge in [0.05, 0.1) is 0 Å². The molecule has 0 N–H and O–H groups in total. The second-order valence-corrected chi connectivity index (χ2v) is 5.42. The molecule has 1 heteroatoms. The van der Waals surface area contributed by atoms with Gasteiger partial charge in [-0.15, -0.1) is 13.2 Å². The molecule has 1 unspecified atom stereocenters. The molecule has 3 aromatic carbocycles. The molecular weight excluding hydrogens is 367 g/mol. The van der Waals surface area contributed by atoms with Crippen LogP contribution in [0.3, 0.4) is 0 Å². The van der Waals surface area contributed by atoms with Gasteiger partial charge in [0.2, 0.25) is 0 Å². The van der Waals surface area contributed by atoms with Crippen LogP contribution in [0.25, 0.3) is 17.2 Å². The molecule has 0 saturated carbocycles. The number of rotatable bonds is 2. The van der Waals surface area contributed by atoms with Gasteiger partial charge >= 0.3 is 0 Å². The standard InChI is InChI=1S/C21H16.C2H4.Zr/c1-2-8-16(9-3-1)18-12-6-7-13-20(18)21-15-14-17-10-4-5-11-19(17)21;1-2;/h1-15,21H;1-2H2;. The third-order valence-electron chi connectivity index (χ3n) is 4.18. The fourth-order valence-corrected chi connectivity index (χ4v) is 3.17. The predicted molar refractivity (Wildman–Crippen MR) is 100 cm³/mol. The van der Waals surface area contributed by atoms with Gasteiger partial charge in [0, 0.05) is 32.1 Å². The van der Waals surface area contributed by atoms with Crippen molar-refractivity contribution in [1.29, 1.82) is 0 Å². The van der Waals surface area contributed by atoms with Crippen molar-refractivity contribution in [3.05, 3.63) is 115 Å². The van der Waals surface area contributed by atoms with E-state index in [9.17, 15) is 0 Å². The Morgan fingerprint density at radius 1 is 0.625 bits per heavy atom. The quantitative estimate of drug-likeness (QED) is 0.452. The summed E-state index contributed by atoms with van der Waals surface area (Å²) in [6.45, 7) is 6.00. The van der Waals surface area contributed by atoms with Gasteiger partial charge in [-0.25, -0.2) is 0 Å². The fraction of sp³-hybridized carbons (Fsp3) is 0.0435. The van der Waals surface area contributed by atoms with Crippen LogP contribution in [0.15, 0.2) is 98.1 Å². The van der Waals surface area contributed by atoms with E-state index < -0.39 is 0 Å². The molecule has 0 fully saturated rings. The van der Waals surface area contributed by atoms with Crippen LogP contribution in [-0.4, -0.2) is 0 Å². The second-order valence-electron chi connectivity index (χ2n) is 5.42. The van der Waals surface area contributed by atoms with Crippen molar-refractivity contribution in [1.82, 2.24) is 0 Å². The Bertz CT molecular complexity index is 818. The predicted octanol–water partition coefficient (Wildman–Crippen LogP) is 6.31. The van der Waals surface area contributed by atoms with Crippen LogP contribution < -0.4 is 0 Å². The zero-order chi connectivity index (χ0) is 16.1. The number of fused-ring (bicyclic) bond motifs is 1. The van der Waals surface area contributed by atoms with Crippen LogP contribution >= 0.6 is 0 Å². The van der Waals surface area contributed by atoms with E-state index in [1.54, 1.807) is 0 Å². The zero-order valence-corrected chi connectivity index (χ0v) is 16.1. The van der Waals surface area contributed by atoms with Gasteiger partial charge in [0.25, 0.3) is 0 Å². The average Bonchev–Trinajstić information content (AvgIpc) is 3.08. The van der Waals surface area contributed by atoms with E-state index in [0.29, 0.717) is 5.92 Å². The Labute approximate surface area is 163 Å². The molecule has 0 aliphatic heterocycles. The summed E-state index contributed by atoms with van der Waals surface area (Å²) >= 11 is 0. The summed E-state index contributed by atoms with van der Waals surface area (Å²) < 4.78 is 0. The molecule has 1 aliphatic carbocycles. The maximum atomic E-state index is 3.00. The first-order valence-corrected chi connectivity index (χ1v) is 7.85. The van der Waals surface area contributed by atoms with E-state index >= 15 is 0 Å². The fourth-order valence-electron chi connectivity index (χ4n) is 3.17. The second kappa shape index (κ2) is 8.76. The maximum absolute atomic E-state index is 3.00.